The second-order valence-corrected chi connectivity index (χ2v) is 5.00. The second kappa shape index (κ2) is 7.40. The van der Waals surface area contributed by atoms with Gasteiger partial charge in [-0.1, -0.05) is 29.8 Å². The monoisotopic (exact) mass is 316 g/mol. The number of benzene rings is 2. The molecular formula is C17H17FN2O3. The maximum absolute atomic E-state index is 13.5. The maximum atomic E-state index is 13.5. The van der Waals surface area contributed by atoms with E-state index in [0.717, 1.165) is 5.56 Å². The number of carbonyl (C=O) groups is 2. The first-order valence-corrected chi connectivity index (χ1v) is 7.05. The summed E-state index contributed by atoms with van der Waals surface area (Å²) in [5.41, 5.74) is 5.90. The van der Waals surface area contributed by atoms with Crippen LogP contribution >= 0.6 is 0 Å². The topological polar surface area (TPSA) is 67.4 Å². The van der Waals surface area contributed by atoms with Gasteiger partial charge >= 0.3 is 0 Å². The molecule has 2 amide bonds. The van der Waals surface area contributed by atoms with Crippen molar-refractivity contribution in [2.45, 2.75) is 20.0 Å². The highest BCUT2D eigenvalue weighted by Gasteiger charge is 2.17. The predicted octanol–water partition coefficient (Wildman–Crippen LogP) is 2.36. The number of nitrogens with one attached hydrogen (secondary N) is 2. The molecule has 0 fully saturated rings. The number of rotatable bonds is 4. The van der Waals surface area contributed by atoms with E-state index in [2.05, 4.69) is 10.9 Å². The molecule has 0 heterocycles. The van der Waals surface area contributed by atoms with Crippen LogP contribution in [0, 0.1) is 12.7 Å². The first kappa shape index (κ1) is 16.5. The fourth-order valence-electron chi connectivity index (χ4n) is 1.86. The van der Waals surface area contributed by atoms with Crippen LogP contribution in [0.1, 0.15) is 22.8 Å². The van der Waals surface area contributed by atoms with E-state index in [9.17, 15) is 14.0 Å². The minimum atomic E-state index is -0.968. The molecule has 0 aliphatic carbocycles. The van der Waals surface area contributed by atoms with Gasteiger partial charge in [0.1, 0.15) is 0 Å². The molecule has 120 valence electrons. The van der Waals surface area contributed by atoms with Crippen molar-refractivity contribution in [3.05, 3.63) is 65.5 Å². The molecule has 0 bridgehead atoms. The van der Waals surface area contributed by atoms with Crippen molar-refractivity contribution in [2.75, 3.05) is 0 Å². The average molecular weight is 316 g/mol. The van der Waals surface area contributed by atoms with Crippen molar-refractivity contribution in [1.82, 2.24) is 10.9 Å². The SMILES string of the molecule is Cc1cccc(C(=O)NNC(=O)C(C)Oc2ccccc2F)c1. The summed E-state index contributed by atoms with van der Waals surface area (Å²) < 4.78 is 18.7. The number of carbonyl (C=O) groups excluding carboxylic acids is 2. The lowest BCUT2D eigenvalue weighted by atomic mass is 10.1. The number of para-hydroxylation sites is 1. The lowest BCUT2D eigenvalue weighted by molar-refractivity contribution is -0.128. The van der Waals surface area contributed by atoms with Gasteiger partial charge in [0, 0.05) is 5.56 Å². The normalized spacial score (nSPS) is 11.4. The Labute approximate surface area is 133 Å². The molecular weight excluding hydrogens is 299 g/mol. The van der Waals surface area contributed by atoms with E-state index in [1.807, 2.05) is 13.0 Å². The van der Waals surface area contributed by atoms with E-state index in [1.54, 1.807) is 24.3 Å². The Morgan fingerprint density at radius 2 is 1.83 bits per heavy atom. The molecule has 23 heavy (non-hydrogen) atoms. The third-order valence-electron chi connectivity index (χ3n) is 3.09. The van der Waals surface area contributed by atoms with Crippen LogP contribution in [0.25, 0.3) is 0 Å². The molecule has 0 saturated carbocycles. The number of aryl methyl sites for hydroxylation is 1. The fourth-order valence-corrected chi connectivity index (χ4v) is 1.86. The van der Waals surface area contributed by atoms with E-state index < -0.39 is 23.7 Å². The summed E-state index contributed by atoms with van der Waals surface area (Å²) in [6.07, 6.45) is -0.968. The fraction of sp³-hybridized carbons (Fsp3) is 0.176. The number of amides is 2. The quantitative estimate of drug-likeness (QED) is 0.851. The molecule has 2 aromatic carbocycles. The Balaban J connectivity index is 1.89. The highest BCUT2D eigenvalue weighted by atomic mass is 19.1. The molecule has 0 saturated heterocycles. The summed E-state index contributed by atoms with van der Waals surface area (Å²) in [4.78, 5) is 23.8. The minimum Gasteiger partial charge on any atom is -0.478 e. The van der Waals surface area contributed by atoms with Crippen LogP contribution in [-0.2, 0) is 4.79 Å². The Morgan fingerprint density at radius 3 is 2.52 bits per heavy atom. The van der Waals surface area contributed by atoms with Gasteiger partial charge in [0.05, 0.1) is 0 Å². The number of halogens is 1. The molecule has 6 heteroatoms. The molecule has 0 spiro atoms. The van der Waals surface area contributed by atoms with E-state index in [4.69, 9.17) is 4.74 Å². The smallest absolute Gasteiger partial charge is 0.279 e. The lowest BCUT2D eigenvalue weighted by Gasteiger charge is -2.15. The molecule has 1 unspecified atom stereocenters. The van der Waals surface area contributed by atoms with Crippen LogP contribution in [0.4, 0.5) is 4.39 Å². The summed E-state index contributed by atoms with van der Waals surface area (Å²) in [6, 6.07) is 12.7. The molecule has 0 aromatic heterocycles. The third kappa shape index (κ3) is 4.54. The van der Waals surface area contributed by atoms with E-state index in [0.29, 0.717) is 5.56 Å². The summed E-state index contributed by atoms with van der Waals surface area (Å²) in [5, 5.41) is 0. The highest BCUT2D eigenvalue weighted by Crippen LogP contribution is 2.16. The van der Waals surface area contributed by atoms with Crippen LogP contribution in [0.15, 0.2) is 48.5 Å². The lowest BCUT2D eigenvalue weighted by Crippen LogP contribution is -2.47. The average Bonchev–Trinajstić information content (AvgIpc) is 2.54. The number of hydrazine groups is 1. The second-order valence-electron chi connectivity index (χ2n) is 5.00. The first-order chi connectivity index (χ1) is 11.0. The first-order valence-electron chi connectivity index (χ1n) is 7.05. The van der Waals surface area contributed by atoms with Crippen molar-refractivity contribution in [3.63, 3.8) is 0 Å². The molecule has 2 rings (SSSR count). The zero-order valence-electron chi connectivity index (χ0n) is 12.8. The number of hydrogen-bond acceptors (Lipinski definition) is 3. The van der Waals surface area contributed by atoms with Crippen LogP contribution in [0.3, 0.4) is 0 Å². The van der Waals surface area contributed by atoms with Gasteiger partial charge in [-0.05, 0) is 38.1 Å². The summed E-state index contributed by atoms with van der Waals surface area (Å²) in [6.45, 7) is 3.32. The molecule has 1 atom stereocenters. The zero-order valence-corrected chi connectivity index (χ0v) is 12.8. The Bertz CT molecular complexity index is 718. The molecule has 0 aliphatic rings. The van der Waals surface area contributed by atoms with Crippen molar-refractivity contribution < 1.29 is 18.7 Å². The predicted molar refractivity (Wildman–Crippen MR) is 83.3 cm³/mol. The third-order valence-corrected chi connectivity index (χ3v) is 3.09. The van der Waals surface area contributed by atoms with Gasteiger partial charge in [0.25, 0.3) is 11.8 Å². The van der Waals surface area contributed by atoms with Crippen molar-refractivity contribution >= 4 is 11.8 Å². The highest BCUT2D eigenvalue weighted by molar-refractivity contribution is 5.95. The standard InChI is InChI=1S/C17H17FN2O3/c1-11-6-5-7-13(10-11)17(22)20-19-16(21)12(2)23-15-9-4-3-8-14(15)18/h3-10,12H,1-2H3,(H,19,21)(H,20,22). The van der Waals surface area contributed by atoms with Gasteiger partial charge in [-0.3, -0.25) is 20.4 Å². The Kier molecular flexibility index (Phi) is 5.30. The minimum absolute atomic E-state index is 0.0276. The molecule has 2 aromatic rings. The van der Waals surface area contributed by atoms with Crippen molar-refractivity contribution in [3.8, 4) is 5.75 Å². The van der Waals surface area contributed by atoms with Crippen LogP contribution < -0.4 is 15.6 Å². The van der Waals surface area contributed by atoms with Crippen LogP contribution in [-0.4, -0.2) is 17.9 Å². The van der Waals surface area contributed by atoms with Crippen molar-refractivity contribution in [2.24, 2.45) is 0 Å². The van der Waals surface area contributed by atoms with Crippen LogP contribution in [0.2, 0.25) is 0 Å². The number of hydrogen-bond donors (Lipinski definition) is 2. The number of ether oxygens (including phenoxy) is 1. The van der Waals surface area contributed by atoms with E-state index in [-0.39, 0.29) is 5.75 Å². The van der Waals surface area contributed by atoms with Crippen LogP contribution in [0.5, 0.6) is 5.75 Å². The summed E-state index contributed by atoms with van der Waals surface area (Å²) in [5.74, 6) is -1.62. The Morgan fingerprint density at radius 1 is 1.09 bits per heavy atom. The summed E-state index contributed by atoms with van der Waals surface area (Å²) >= 11 is 0. The van der Waals surface area contributed by atoms with Gasteiger partial charge in [-0.2, -0.15) is 0 Å². The zero-order chi connectivity index (χ0) is 16.8. The van der Waals surface area contributed by atoms with Crippen molar-refractivity contribution in [1.29, 1.82) is 0 Å². The molecule has 2 N–H and O–H groups in total. The van der Waals surface area contributed by atoms with Gasteiger partial charge in [-0.15, -0.1) is 0 Å². The largest absolute Gasteiger partial charge is 0.478 e. The molecule has 0 aliphatic heterocycles. The van der Waals surface area contributed by atoms with E-state index in [1.165, 1.54) is 25.1 Å². The molecule has 0 radical (unpaired) electrons. The van der Waals surface area contributed by atoms with Gasteiger partial charge < -0.3 is 4.74 Å². The van der Waals surface area contributed by atoms with Gasteiger partial charge in [-0.25, -0.2) is 4.39 Å². The summed E-state index contributed by atoms with van der Waals surface area (Å²) in [7, 11) is 0. The van der Waals surface area contributed by atoms with Gasteiger partial charge in [0.2, 0.25) is 0 Å². The van der Waals surface area contributed by atoms with E-state index >= 15 is 0 Å². The molecule has 5 nitrogen and oxygen atoms in total. The Hall–Kier alpha value is -2.89. The maximum Gasteiger partial charge on any atom is 0.279 e. The van der Waals surface area contributed by atoms with Gasteiger partial charge in [0.15, 0.2) is 17.7 Å².